The molecule has 6 N–H and O–H groups in total. The molecule has 10 heteroatoms. The zero-order valence-corrected chi connectivity index (χ0v) is 24.1. The molecule has 2 amide bonds. The minimum absolute atomic E-state index is 0.120. The molecular weight excluding hydrogens is 512 g/mol. The Kier molecular flexibility index (Phi) is 15.0. The quantitative estimate of drug-likeness (QED) is 0.144. The van der Waals surface area contributed by atoms with E-state index >= 15 is 0 Å². The van der Waals surface area contributed by atoms with Crippen molar-refractivity contribution >= 4 is 23.2 Å². The number of unbranched alkanes of at least 4 members (excludes halogenated alkanes) is 1. The number of amides is 2. The van der Waals surface area contributed by atoms with Crippen LogP contribution in [-0.2, 0) is 9.59 Å². The van der Waals surface area contributed by atoms with Gasteiger partial charge in [-0.1, -0.05) is 27.7 Å². The van der Waals surface area contributed by atoms with E-state index in [-0.39, 0.29) is 25.0 Å². The lowest BCUT2D eigenvalue weighted by Crippen LogP contribution is -2.35. The van der Waals surface area contributed by atoms with Gasteiger partial charge >= 0.3 is 0 Å². The molecule has 0 aliphatic heterocycles. The molecule has 0 heterocycles. The first-order valence-corrected chi connectivity index (χ1v) is 14.0. The number of rotatable bonds is 19. The molecule has 0 fully saturated rings. The van der Waals surface area contributed by atoms with Crippen LogP contribution in [0.25, 0.3) is 0 Å². The molecule has 2 rings (SSSR count). The number of benzene rings is 2. The molecule has 0 aliphatic carbocycles. The highest BCUT2D eigenvalue weighted by Crippen LogP contribution is 2.18. The standard InChI is InChI=1S/C30H46N4O6/c1-21(2)31-17-25(35)19-39-27-13-9-23(10-14-27)33-29(37)7-5-6-8-30(38)34-24-11-15-28(16-12-24)40-20-26(36)18-32-22(3)4/h9-16,21-22,25-26,31-32,35-36H,5-8,17-20H2,1-4H3,(H,33,37)(H,34,38). The van der Waals surface area contributed by atoms with Crippen molar-refractivity contribution in [3.05, 3.63) is 48.5 Å². The van der Waals surface area contributed by atoms with Crippen molar-refractivity contribution in [1.82, 2.24) is 10.6 Å². The molecular formula is C30H46N4O6. The molecule has 0 saturated carbocycles. The molecule has 10 nitrogen and oxygen atoms in total. The number of nitrogens with one attached hydrogen (secondary N) is 4. The zero-order valence-electron chi connectivity index (χ0n) is 24.1. The molecule has 2 unspecified atom stereocenters. The summed E-state index contributed by atoms with van der Waals surface area (Å²) in [6, 6.07) is 14.6. The van der Waals surface area contributed by atoms with Crippen LogP contribution in [0.1, 0.15) is 53.4 Å². The van der Waals surface area contributed by atoms with Crippen LogP contribution < -0.4 is 30.7 Å². The molecule has 0 aromatic heterocycles. The summed E-state index contributed by atoms with van der Waals surface area (Å²) >= 11 is 0. The maximum atomic E-state index is 12.3. The summed E-state index contributed by atoms with van der Waals surface area (Å²) in [4.78, 5) is 24.5. The first-order chi connectivity index (χ1) is 19.1. The summed E-state index contributed by atoms with van der Waals surface area (Å²) in [7, 11) is 0. The van der Waals surface area contributed by atoms with Gasteiger partial charge in [0.25, 0.3) is 0 Å². The van der Waals surface area contributed by atoms with E-state index in [0.29, 0.717) is 73.7 Å². The van der Waals surface area contributed by atoms with E-state index in [4.69, 9.17) is 9.47 Å². The second kappa shape index (κ2) is 18.2. The van der Waals surface area contributed by atoms with Crippen molar-refractivity contribution < 1.29 is 29.3 Å². The summed E-state index contributed by atoms with van der Waals surface area (Å²) in [6.45, 7) is 9.33. The summed E-state index contributed by atoms with van der Waals surface area (Å²) < 4.78 is 11.2. The number of aliphatic hydroxyl groups is 2. The lowest BCUT2D eigenvalue weighted by atomic mass is 10.1. The number of carbonyl (C=O) groups is 2. The summed E-state index contributed by atoms with van der Waals surface area (Å²) in [6.07, 6.45) is 0.586. The molecule has 2 aromatic rings. The van der Waals surface area contributed by atoms with E-state index in [1.165, 1.54) is 0 Å². The van der Waals surface area contributed by atoms with Gasteiger partial charge < -0.3 is 41.0 Å². The fourth-order valence-corrected chi connectivity index (χ4v) is 3.53. The van der Waals surface area contributed by atoms with E-state index in [2.05, 4.69) is 21.3 Å². The van der Waals surface area contributed by atoms with Crippen molar-refractivity contribution in [3.8, 4) is 11.5 Å². The Morgan fingerprint density at radius 1 is 0.650 bits per heavy atom. The van der Waals surface area contributed by atoms with Gasteiger partial charge in [-0.2, -0.15) is 0 Å². The molecule has 0 saturated heterocycles. The highest BCUT2D eigenvalue weighted by Gasteiger charge is 2.09. The van der Waals surface area contributed by atoms with Crippen LogP contribution in [-0.4, -0.2) is 72.6 Å². The van der Waals surface area contributed by atoms with Crippen LogP contribution in [0.5, 0.6) is 11.5 Å². The molecule has 0 spiro atoms. The maximum absolute atomic E-state index is 12.3. The monoisotopic (exact) mass is 558 g/mol. The first kappa shape index (κ1) is 33.0. The highest BCUT2D eigenvalue weighted by atomic mass is 16.5. The fourth-order valence-electron chi connectivity index (χ4n) is 3.53. The van der Waals surface area contributed by atoms with Crippen molar-refractivity contribution in [3.63, 3.8) is 0 Å². The number of anilines is 2. The fraction of sp³-hybridized carbons (Fsp3) is 0.533. The third-order valence-electron chi connectivity index (χ3n) is 5.74. The predicted octanol–water partition coefficient (Wildman–Crippen LogP) is 3.30. The van der Waals surface area contributed by atoms with E-state index in [9.17, 15) is 19.8 Å². The normalized spacial score (nSPS) is 12.7. The smallest absolute Gasteiger partial charge is 0.224 e. The number of hydrogen-bond donors (Lipinski definition) is 6. The average Bonchev–Trinajstić information content (AvgIpc) is 2.92. The van der Waals surface area contributed by atoms with Crippen molar-refractivity contribution in [2.45, 2.75) is 77.7 Å². The molecule has 2 atom stereocenters. The molecule has 0 aliphatic rings. The first-order valence-electron chi connectivity index (χ1n) is 14.0. The van der Waals surface area contributed by atoms with Gasteiger partial charge in [0.05, 0.1) is 0 Å². The minimum atomic E-state index is -0.605. The zero-order chi connectivity index (χ0) is 29.3. The van der Waals surface area contributed by atoms with Crippen LogP contribution >= 0.6 is 0 Å². The van der Waals surface area contributed by atoms with Crippen molar-refractivity contribution in [2.24, 2.45) is 0 Å². The van der Waals surface area contributed by atoms with E-state index in [1.807, 2.05) is 27.7 Å². The van der Waals surface area contributed by atoms with E-state index in [0.717, 1.165) is 0 Å². The maximum Gasteiger partial charge on any atom is 0.224 e. The third-order valence-corrected chi connectivity index (χ3v) is 5.74. The Hall–Kier alpha value is -3.18. The second-order valence-electron chi connectivity index (χ2n) is 10.4. The second-order valence-corrected chi connectivity index (χ2v) is 10.4. The lowest BCUT2D eigenvalue weighted by molar-refractivity contribution is -0.118. The number of hydrogen-bond acceptors (Lipinski definition) is 8. The van der Waals surface area contributed by atoms with Gasteiger partial charge in [0.2, 0.25) is 11.8 Å². The number of carbonyl (C=O) groups excluding carboxylic acids is 2. The lowest BCUT2D eigenvalue weighted by Gasteiger charge is -2.15. The Morgan fingerprint density at radius 3 is 1.32 bits per heavy atom. The van der Waals surface area contributed by atoms with Crippen LogP contribution in [0.15, 0.2) is 48.5 Å². The Morgan fingerprint density at radius 2 is 1.00 bits per heavy atom. The van der Waals surface area contributed by atoms with Gasteiger partial charge in [-0.15, -0.1) is 0 Å². The number of aliphatic hydroxyl groups excluding tert-OH is 2. The van der Waals surface area contributed by atoms with Crippen molar-refractivity contribution in [1.29, 1.82) is 0 Å². The van der Waals surface area contributed by atoms with E-state index in [1.54, 1.807) is 48.5 Å². The van der Waals surface area contributed by atoms with E-state index < -0.39 is 12.2 Å². The van der Waals surface area contributed by atoms with Crippen LogP contribution in [0.3, 0.4) is 0 Å². The Labute approximate surface area is 237 Å². The highest BCUT2D eigenvalue weighted by molar-refractivity contribution is 5.91. The van der Waals surface area contributed by atoms with Crippen molar-refractivity contribution in [2.75, 3.05) is 36.9 Å². The molecule has 222 valence electrons. The van der Waals surface area contributed by atoms with Crippen LogP contribution in [0.4, 0.5) is 11.4 Å². The predicted molar refractivity (Wildman–Crippen MR) is 158 cm³/mol. The molecule has 2 aromatic carbocycles. The molecule has 40 heavy (non-hydrogen) atoms. The summed E-state index contributed by atoms with van der Waals surface area (Å²) in [5, 5.41) is 31.9. The largest absolute Gasteiger partial charge is 0.491 e. The van der Waals surface area contributed by atoms with Gasteiger partial charge in [-0.25, -0.2) is 0 Å². The van der Waals surface area contributed by atoms with Crippen LogP contribution in [0, 0.1) is 0 Å². The third kappa shape index (κ3) is 14.8. The molecule has 0 bridgehead atoms. The van der Waals surface area contributed by atoms with Crippen LogP contribution in [0.2, 0.25) is 0 Å². The van der Waals surface area contributed by atoms with Gasteiger partial charge in [-0.3, -0.25) is 9.59 Å². The Bertz CT molecular complexity index is 917. The number of ether oxygens (including phenoxy) is 2. The van der Waals surface area contributed by atoms with Gasteiger partial charge in [0.15, 0.2) is 0 Å². The SMILES string of the molecule is CC(C)NCC(O)COc1ccc(NC(=O)CCCCC(=O)Nc2ccc(OCC(O)CNC(C)C)cc2)cc1. The van der Waals surface area contributed by atoms with Gasteiger partial charge in [0, 0.05) is 49.4 Å². The molecule has 0 radical (unpaired) electrons. The summed E-state index contributed by atoms with van der Waals surface area (Å²) in [5.41, 5.74) is 1.32. The van der Waals surface area contributed by atoms with Gasteiger partial charge in [0.1, 0.15) is 36.9 Å². The summed E-state index contributed by atoms with van der Waals surface area (Å²) in [5.74, 6) is 0.987. The average molecular weight is 559 g/mol. The topological polar surface area (TPSA) is 141 Å². The van der Waals surface area contributed by atoms with Gasteiger partial charge in [-0.05, 0) is 61.4 Å². The minimum Gasteiger partial charge on any atom is -0.491 e. The Balaban J connectivity index is 1.59.